The first kappa shape index (κ1) is 14.4. The van der Waals surface area contributed by atoms with E-state index in [9.17, 15) is 0 Å². The molecule has 1 aliphatic rings. The maximum absolute atomic E-state index is 4.68. The van der Waals surface area contributed by atoms with E-state index in [2.05, 4.69) is 52.2 Å². The first-order valence-corrected chi connectivity index (χ1v) is 8.92. The van der Waals surface area contributed by atoms with Crippen molar-refractivity contribution in [1.29, 1.82) is 0 Å². The monoisotopic (exact) mass is 346 g/mol. The molecule has 0 radical (unpaired) electrons. The summed E-state index contributed by atoms with van der Waals surface area (Å²) in [6.07, 6.45) is 2.29. The molecule has 1 unspecified atom stereocenters. The first-order chi connectivity index (χ1) is 8.65. The van der Waals surface area contributed by atoms with Gasteiger partial charge in [0, 0.05) is 29.6 Å². The van der Waals surface area contributed by atoms with Crippen LogP contribution in [0.2, 0.25) is 0 Å². The summed E-state index contributed by atoms with van der Waals surface area (Å²) in [6.45, 7) is 5.43. The number of nitrogens with one attached hydrogen (secondary N) is 1. The Morgan fingerprint density at radius 1 is 1.50 bits per heavy atom. The van der Waals surface area contributed by atoms with Crippen molar-refractivity contribution in [3.05, 3.63) is 20.8 Å². The van der Waals surface area contributed by atoms with Crippen LogP contribution < -0.4 is 5.32 Å². The van der Waals surface area contributed by atoms with E-state index in [-0.39, 0.29) is 0 Å². The smallest absolute Gasteiger partial charge is 0.156 e. The molecule has 18 heavy (non-hydrogen) atoms. The lowest BCUT2D eigenvalue weighted by molar-refractivity contribution is 0.442. The third-order valence-electron chi connectivity index (χ3n) is 3.02. The van der Waals surface area contributed by atoms with Crippen molar-refractivity contribution in [2.75, 3.05) is 12.3 Å². The van der Waals surface area contributed by atoms with E-state index in [0.717, 1.165) is 18.1 Å². The molecule has 0 amide bonds. The number of hydrogen-bond donors (Lipinski definition) is 1. The topological polar surface area (TPSA) is 24.4 Å². The molecule has 5 heteroatoms. The third kappa shape index (κ3) is 4.28. The van der Waals surface area contributed by atoms with Crippen molar-refractivity contribution in [3.63, 3.8) is 0 Å². The molecule has 2 nitrogen and oxygen atoms in total. The van der Waals surface area contributed by atoms with Gasteiger partial charge < -0.3 is 5.32 Å². The summed E-state index contributed by atoms with van der Waals surface area (Å²) in [5, 5.41) is 4.69. The zero-order valence-corrected chi connectivity index (χ0v) is 14.0. The Hall–Kier alpha value is -0.0000000000000000278. The average molecular weight is 347 g/mol. The van der Waals surface area contributed by atoms with Crippen molar-refractivity contribution in [1.82, 2.24) is 5.32 Å². The van der Waals surface area contributed by atoms with Crippen LogP contribution in [0.15, 0.2) is 20.9 Å². The minimum atomic E-state index is 0.598. The van der Waals surface area contributed by atoms with Crippen LogP contribution in [-0.4, -0.2) is 23.5 Å². The second kappa shape index (κ2) is 6.96. The summed E-state index contributed by atoms with van der Waals surface area (Å²) in [6, 6.07) is 4.88. The highest BCUT2D eigenvalue weighted by atomic mass is 79.9. The van der Waals surface area contributed by atoms with E-state index in [1.807, 2.05) is 11.8 Å². The molecule has 2 heterocycles. The van der Waals surface area contributed by atoms with Gasteiger partial charge in [0.15, 0.2) is 5.17 Å². The highest BCUT2D eigenvalue weighted by Gasteiger charge is 2.19. The van der Waals surface area contributed by atoms with E-state index in [1.54, 1.807) is 11.3 Å². The molecule has 0 aromatic carbocycles. The van der Waals surface area contributed by atoms with Crippen molar-refractivity contribution < 1.29 is 0 Å². The molecule has 0 aliphatic carbocycles. The summed E-state index contributed by atoms with van der Waals surface area (Å²) in [4.78, 5) is 6.08. The Morgan fingerprint density at radius 3 is 3.00 bits per heavy atom. The van der Waals surface area contributed by atoms with Gasteiger partial charge in [0.2, 0.25) is 0 Å². The van der Waals surface area contributed by atoms with Crippen LogP contribution in [0.25, 0.3) is 0 Å². The second-order valence-corrected chi connectivity index (χ2v) is 8.41. The zero-order chi connectivity index (χ0) is 13.0. The van der Waals surface area contributed by atoms with E-state index in [1.165, 1.54) is 20.8 Å². The molecule has 0 spiro atoms. The molecule has 1 aliphatic heterocycles. The fraction of sp³-hybridized carbons (Fsp3) is 0.615. The van der Waals surface area contributed by atoms with Gasteiger partial charge in [0.1, 0.15) is 0 Å². The molecule has 1 N–H and O–H groups in total. The van der Waals surface area contributed by atoms with E-state index in [4.69, 9.17) is 0 Å². The summed E-state index contributed by atoms with van der Waals surface area (Å²) >= 11 is 7.15. The molecular weight excluding hydrogens is 328 g/mol. The molecule has 1 fully saturated rings. The highest BCUT2D eigenvalue weighted by molar-refractivity contribution is 9.11. The Labute approximate surface area is 126 Å². The van der Waals surface area contributed by atoms with Crippen LogP contribution in [0.1, 0.15) is 25.1 Å². The van der Waals surface area contributed by atoms with Gasteiger partial charge in [-0.05, 0) is 40.4 Å². The Morgan fingerprint density at radius 2 is 2.33 bits per heavy atom. The standard InChI is InChI=1S/C13H19BrN2S2/c1-9(2)11-6-8-17-13(16-11)15-7-5-10-3-4-12(14)18-10/h3-4,9,11H,5-8H2,1-2H3,(H,15,16). The van der Waals surface area contributed by atoms with Crippen LogP contribution >= 0.6 is 39.0 Å². The molecule has 100 valence electrons. The number of aliphatic imine (C=N–C) groups is 1. The molecule has 0 bridgehead atoms. The summed E-state index contributed by atoms with van der Waals surface area (Å²) in [5.74, 6) is 1.88. The van der Waals surface area contributed by atoms with Gasteiger partial charge in [-0.1, -0.05) is 25.6 Å². The molecule has 2 rings (SSSR count). The number of thioether (sulfide) groups is 1. The maximum atomic E-state index is 4.68. The molecule has 1 aromatic rings. The van der Waals surface area contributed by atoms with Crippen molar-refractivity contribution in [2.24, 2.45) is 10.9 Å². The minimum absolute atomic E-state index is 0.598. The van der Waals surface area contributed by atoms with Gasteiger partial charge >= 0.3 is 0 Å². The summed E-state index contributed by atoms with van der Waals surface area (Å²) in [7, 11) is 0. The van der Waals surface area contributed by atoms with Gasteiger partial charge in [-0.25, -0.2) is 0 Å². The van der Waals surface area contributed by atoms with E-state index >= 15 is 0 Å². The number of hydrogen-bond acceptors (Lipinski definition) is 3. The predicted molar refractivity (Wildman–Crippen MR) is 86.9 cm³/mol. The van der Waals surface area contributed by atoms with Gasteiger partial charge in [-0.15, -0.1) is 11.3 Å². The Kier molecular flexibility index (Phi) is 5.57. The molecule has 1 atom stereocenters. The highest BCUT2D eigenvalue weighted by Crippen LogP contribution is 2.23. The first-order valence-electron chi connectivity index (χ1n) is 6.33. The number of halogens is 1. The number of thiophene rings is 1. The fourth-order valence-corrected chi connectivity index (χ4v) is 4.35. The SMILES string of the molecule is CC(C)C1CCSC(=NCCc2ccc(Br)s2)N1. The second-order valence-electron chi connectivity index (χ2n) is 4.77. The maximum Gasteiger partial charge on any atom is 0.156 e. The van der Waals surface area contributed by atoms with Crippen LogP contribution in [0, 0.1) is 5.92 Å². The number of rotatable bonds is 4. The minimum Gasteiger partial charge on any atom is -0.362 e. The van der Waals surface area contributed by atoms with Gasteiger partial charge in [0.25, 0.3) is 0 Å². The van der Waals surface area contributed by atoms with Gasteiger partial charge in [0.05, 0.1) is 3.79 Å². The van der Waals surface area contributed by atoms with Gasteiger partial charge in [-0.2, -0.15) is 0 Å². The van der Waals surface area contributed by atoms with Crippen molar-refractivity contribution >= 4 is 44.2 Å². The van der Waals surface area contributed by atoms with E-state index < -0.39 is 0 Å². The molecule has 1 saturated heterocycles. The third-order valence-corrected chi connectivity index (χ3v) is 5.67. The van der Waals surface area contributed by atoms with Crippen LogP contribution in [0.3, 0.4) is 0 Å². The summed E-state index contributed by atoms with van der Waals surface area (Å²) in [5.41, 5.74) is 0. The van der Waals surface area contributed by atoms with E-state index in [0.29, 0.717) is 12.0 Å². The molecule has 1 aromatic heterocycles. The van der Waals surface area contributed by atoms with Crippen molar-refractivity contribution in [2.45, 2.75) is 32.7 Å². The van der Waals surface area contributed by atoms with Crippen LogP contribution in [0.4, 0.5) is 0 Å². The number of nitrogens with zero attached hydrogens (tertiary/aromatic N) is 1. The average Bonchev–Trinajstić information content (AvgIpc) is 2.75. The molecular formula is C13H19BrN2S2. The lowest BCUT2D eigenvalue weighted by Gasteiger charge is -2.28. The fourth-order valence-electron chi connectivity index (χ4n) is 1.90. The van der Waals surface area contributed by atoms with Crippen LogP contribution in [-0.2, 0) is 6.42 Å². The quantitative estimate of drug-likeness (QED) is 0.884. The predicted octanol–water partition coefficient (Wildman–Crippen LogP) is 4.16. The summed E-state index contributed by atoms with van der Waals surface area (Å²) < 4.78 is 1.20. The largest absolute Gasteiger partial charge is 0.362 e. The zero-order valence-electron chi connectivity index (χ0n) is 10.8. The normalized spacial score (nSPS) is 22.4. The molecule has 0 saturated carbocycles. The number of amidine groups is 1. The lowest BCUT2D eigenvalue weighted by Crippen LogP contribution is -2.41. The Balaban J connectivity index is 1.82. The Bertz CT molecular complexity index is 415. The van der Waals surface area contributed by atoms with Crippen molar-refractivity contribution in [3.8, 4) is 0 Å². The van der Waals surface area contributed by atoms with Gasteiger partial charge in [-0.3, -0.25) is 4.99 Å². The lowest BCUT2D eigenvalue weighted by atomic mass is 10.0. The van der Waals surface area contributed by atoms with Crippen LogP contribution in [0.5, 0.6) is 0 Å².